The number of nitrogens with zero attached hydrogens (tertiary/aromatic N) is 1. The van der Waals surface area contributed by atoms with Gasteiger partial charge in [0.25, 0.3) is 17.7 Å². The summed E-state index contributed by atoms with van der Waals surface area (Å²) in [5.74, 6) is -1.61. The molecule has 0 radical (unpaired) electrons. The van der Waals surface area contributed by atoms with Gasteiger partial charge in [0.1, 0.15) is 11.3 Å². The van der Waals surface area contributed by atoms with E-state index in [1.54, 1.807) is 24.3 Å². The molecule has 1 saturated heterocycles. The van der Waals surface area contributed by atoms with Crippen LogP contribution in [0.15, 0.2) is 70.7 Å². The Labute approximate surface area is 230 Å². The molecule has 5 amide bonds. The molecular formula is C26H18BrCl2N3O5. The zero-order valence-electron chi connectivity index (χ0n) is 19.2. The summed E-state index contributed by atoms with van der Waals surface area (Å²) in [4.78, 5) is 51.0. The van der Waals surface area contributed by atoms with Gasteiger partial charge in [0, 0.05) is 5.69 Å². The van der Waals surface area contributed by atoms with E-state index in [4.69, 9.17) is 27.9 Å². The molecule has 4 rings (SSSR count). The number of urea groups is 1. The van der Waals surface area contributed by atoms with Crippen molar-refractivity contribution in [3.8, 4) is 5.75 Å². The summed E-state index contributed by atoms with van der Waals surface area (Å²) in [5, 5.41) is 5.33. The third-order valence-electron chi connectivity index (χ3n) is 5.31. The number of halogens is 3. The van der Waals surface area contributed by atoms with Gasteiger partial charge in [-0.25, -0.2) is 9.69 Å². The number of hydrogen-bond donors (Lipinski definition) is 2. The smallest absolute Gasteiger partial charge is 0.335 e. The first kappa shape index (κ1) is 26.4. The number of benzene rings is 3. The van der Waals surface area contributed by atoms with Crippen LogP contribution in [0.1, 0.15) is 11.1 Å². The van der Waals surface area contributed by atoms with Crippen LogP contribution < -0.4 is 20.3 Å². The lowest BCUT2D eigenvalue weighted by atomic mass is 10.1. The van der Waals surface area contributed by atoms with Crippen molar-refractivity contribution in [2.45, 2.75) is 6.92 Å². The van der Waals surface area contributed by atoms with Crippen LogP contribution in [0.4, 0.5) is 16.2 Å². The van der Waals surface area contributed by atoms with Crippen molar-refractivity contribution in [1.29, 1.82) is 0 Å². The van der Waals surface area contributed by atoms with Gasteiger partial charge in [-0.3, -0.25) is 19.7 Å². The second-order valence-corrected chi connectivity index (χ2v) is 9.57. The summed E-state index contributed by atoms with van der Waals surface area (Å²) < 4.78 is 6.10. The SMILES string of the molecule is Cc1ccccc1NC(=O)COc1ccc(/C=C2/C(=O)NC(=O)N(c3ccc(Cl)c(Cl)c3)C2=O)cc1Br. The van der Waals surface area contributed by atoms with Crippen molar-refractivity contribution in [3.05, 3.63) is 91.9 Å². The Hall–Kier alpha value is -3.66. The maximum absolute atomic E-state index is 13.1. The molecule has 1 fully saturated rings. The molecule has 2 N–H and O–H groups in total. The molecule has 188 valence electrons. The first-order valence-corrected chi connectivity index (χ1v) is 12.3. The van der Waals surface area contributed by atoms with Crippen LogP contribution in [-0.4, -0.2) is 30.4 Å². The largest absolute Gasteiger partial charge is 0.483 e. The molecule has 8 nitrogen and oxygen atoms in total. The minimum Gasteiger partial charge on any atom is -0.483 e. The van der Waals surface area contributed by atoms with Crippen molar-refractivity contribution in [1.82, 2.24) is 5.32 Å². The minimum atomic E-state index is -0.903. The molecule has 0 aromatic heterocycles. The number of carbonyl (C=O) groups excluding carboxylic acids is 4. The van der Waals surface area contributed by atoms with E-state index < -0.39 is 17.8 Å². The van der Waals surface area contributed by atoms with Gasteiger partial charge in [-0.1, -0.05) is 47.5 Å². The standard InChI is InChI=1S/C26H18BrCl2N3O5/c1-14-4-2-3-5-21(14)30-23(33)13-37-22-9-6-15(11-18(22)27)10-17-24(34)31-26(36)32(25(17)35)16-7-8-19(28)20(29)12-16/h2-12H,13H2,1H3,(H,30,33)(H,31,34,36)/b17-10-. The Bertz CT molecular complexity index is 1470. The highest BCUT2D eigenvalue weighted by Crippen LogP contribution is 2.31. The van der Waals surface area contributed by atoms with E-state index >= 15 is 0 Å². The number of hydrogen-bond acceptors (Lipinski definition) is 5. The van der Waals surface area contributed by atoms with Crippen molar-refractivity contribution >= 4 is 80.3 Å². The molecule has 0 bridgehead atoms. The monoisotopic (exact) mass is 601 g/mol. The number of carbonyl (C=O) groups is 4. The summed E-state index contributed by atoms with van der Waals surface area (Å²) in [6.07, 6.45) is 1.34. The molecular weight excluding hydrogens is 585 g/mol. The van der Waals surface area contributed by atoms with Gasteiger partial charge in [-0.15, -0.1) is 0 Å². The highest BCUT2D eigenvalue weighted by atomic mass is 79.9. The molecule has 3 aromatic rings. The van der Waals surface area contributed by atoms with Crippen molar-refractivity contribution in [2.24, 2.45) is 0 Å². The lowest BCUT2D eigenvalue weighted by Gasteiger charge is -2.26. The lowest BCUT2D eigenvalue weighted by Crippen LogP contribution is -2.54. The number of ether oxygens (including phenoxy) is 1. The van der Waals surface area contributed by atoms with Crippen LogP contribution >= 0.6 is 39.1 Å². The Morgan fingerprint density at radius 2 is 1.81 bits per heavy atom. The van der Waals surface area contributed by atoms with E-state index in [-0.39, 0.29) is 33.8 Å². The van der Waals surface area contributed by atoms with Gasteiger partial charge < -0.3 is 10.1 Å². The summed E-state index contributed by atoms with van der Waals surface area (Å²) in [6.45, 7) is 1.66. The summed E-state index contributed by atoms with van der Waals surface area (Å²) in [7, 11) is 0. The second-order valence-electron chi connectivity index (χ2n) is 7.90. The van der Waals surface area contributed by atoms with Crippen molar-refractivity contribution in [2.75, 3.05) is 16.8 Å². The molecule has 0 unspecified atom stereocenters. The highest BCUT2D eigenvalue weighted by Gasteiger charge is 2.37. The maximum Gasteiger partial charge on any atom is 0.335 e. The molecule has 37 heavy (non-hydrogen) atoms. The minimum absolute atomic E-state index is 0.148. The number of imide groups is 2. The van der Waals surface area contributed by atoms with Gasteiger partial charge in [-0.2, -0.15) is 0 Å². The molecule has 0 atom stereocenters. The van der Waals surface area contributed by atoms with E-state index in [0.29, 0.717) is 21.5 Å². The van der Waals surface area contributed by atoms with Gasteiger partial charge in [0.15, 0.2) is 6.61 Å². The Kier molecular flexibility index (Phi) is 7.97. The average Bonchev–Trinajstić information content (AvgIpc) is 2.84. The molecule has 1 aliphatic heterocycles. The van der Waals surface area contributed by atoms with E-state index in [0.717, 1.165) is 10.5 Å². The zero-order chi connectivity index (χ0) is 26.7. The van der Waals surface area contributed by atoms with Gasteiger partial charge in [-0.05, 0) is 76.5 Å². The molecule has 1 heterocycles. The molecule has 3 aromatic carbocycles. The Morgan fingerprint density at radius 3 is 2.51 bits per heavy atom. The Balaban J connectivity index is 1.49. The van der Waals surface area contributed by atoms with E-state index in [1.165, 1.54) is 24.3 Å². The van der Waals surface area contributed by atoms with Crippen LogP contribution in [0.5, 0.6) is 5.75 Å². The predicted molar refractivity (Wildman–Crippen MR) is 145 cm³/mol. The molecule has 0 aliphatic carbocycles. The first-order valence-electron chi connectivity index (χ1n) is 10.8. The number of para-hydroxylation sites is 1. The van der Waals surface area contributed by atoms with Gasteiger partial charge >= 0.3 is 6.03 Å². The topological polar surface area (TPSA) is 105 Å². The number of amides is 5. The number of barbiturate groups is 1. The zero-order valence-corrected chi connectivity index (χ0v) is 22.3. The summed E-state index contributed by atoms with van der Waals surface area (Å²) >= 11 is 15.3. The van der Waals surface area contributed by atoms with Crippen molar-refractivity contribution < 1.29 is 23.9 Å². The molecule has 0 spiro atoms. The Morgan fingerprint density at radius 1 is 1.05 bits per heavy atom. The fourth-order valence-corrected chi connectivity index (χ4v) is 4.25. The normalized spacial score (nSPS) is 14.5. The molecule has 0 saturated carbocycles. The fraction of sp³-hybridized carbons (Fsp3) is 0.0769. The van der Waals surface area contributed by atoms with E-state index in [2.05, 4.69) is 26.6 Å². The fourth-order valence-electron chi connectivity index (χ4n) is 3.45. The second kappa shape index (κ2) is 11.2. The summed E-state index contributed by atoms with van der Waals surface area (Å²) in [6, 6.07) is 15.5. The number of nitrogens with one attached hydrogen (secondary N) is 2. The molecule has 11 heteroatoms. The van der Waals surface area contributed by atoms with Crippen molar-refractivity contribution in [3.63, 3.8) is 0 Å². The van der Waals surface area contributed by atoms with Gasteiger partial charge in [0.05, 0.1) is 20.2 Å². The van der Waals surface area contributed by atoms with E-state index in [9.17, 15) is 19.2 Å². The lowest BCUT2D eigenvalue weighted by molar-refractivity contribution is -0.122. The first-order chi connectivity index (χ1) is 17.6. The van der Waals surface area contributed by atoms with Gasteiger partial charge in [0.2, 0.25) is 0 Å². The van der Waals surface area contributed by atoms with Crippen LogP contribution in [0, 0.1) is 6.92 Å². The van der Waals surface area contributed by atoms with E-state index in [1.807, 2.05) is 25.1 Å². The number of anilines is 2. The van der Waals surface area contributed by atoms with Crippen LogP contribution in [0.25, 0.3) is 6.08 Å². The van der Waals surface area contributed by atoms with Crippen LogP contribution in [0.3, 0.4) is 0 Å². The third kappa shape index (κ3) is 6.02. The highest BCUT2D eigenvalue weighted by molar-refractivity contribution is 9.10. The summed E-state index contributed by atoms with van der Waals surface area (Å²) in [5.41, 5.74) is 2.00. The number of aryl methyl sites for hydroxylation is 1. The maximum atomic E-state index is 13.1. The average molecular weight is 603 g/mol. The van der Waals surface area contributed by atoms with Crippen LogP contribution in [0.2, 0.25) is 10.0 Å². The van der Waals surface area contributed by atoms with Crippen LogP contribution in [-0.2, 0) is 14.4 Å². The third-order valence-corrected chi connectivity index (χ3v) is 6.67. The quantitative estimate of drug-likeness (QED) is 0.276. The predicted octanol–water partition coefficient (Wildman–Crippen LogP) is 5.75. The molecule has 1 aliphatic rings. The number of rotatable bonds is 6.